The first-order valence-corrected chi connectivity index (χ1v) is 10.4. The van der Waals surface area contributed by atoms with Crippen LogP contribution in [0.4, 0.5) is 0 Å². The molecule has 0 unspecified atom stereocenters. The first-order valence-electron chi connectivity index (χ1n) is 10.4. The van der Waals surface area contributed by atoms with Gasteiger partial charge in [-0.2, -0.15) is 10.4 Å². The summed E-state index contributed by atoms with van der Waals surface area (Å²) in [6.45, 7) is 3.59. The Hall–Kier alpha value is -3.92. The van der Waals surface area contributed by atoms with Crippen LogP contribution in [-0.2, 0) is 6.54 Å². The average Bonchev–Trinajstić information content (AvgIpc) is 3.54. The number of benzene rings is 1. The van der Waals surface area contributed by atoms with E-state index in [1.54, 1.807) is 24.4 Å². The number of rotatable bonds is 4. The molecule has 1 aromatic carbocycles. The molecule has 154 valence electrons. The van der Waals surface area contributed by atoms with Crippen molar-refractivity contribution in [3.63, 3.8) is 0 Å². The highest BCUT2D eigenvalue weighted by molar-refractivity contribution is 5.97. The fourth-order valence-electron chi connectivity index (χ4n) is 4.54. The SMILES string of the molecule is C[C@H]1C[C@@H](Cn2ccc3nc(-c4cn[nH]c4)ccc32)CN1C(=O)c1ccccc1C#N. The number of aromatic amines is 1. The lowest BCUT2D eigenvalue weighted by atomic mass is 10.1. The molecule has 0 bridgehead atoms. The van der Waals surface area contributed by atoms with Gasteiger partial charge in [0.05, 0.1) is 40.1 Å². The molecule has 2 atom stereocenters. The van der Waals surface area contributed by atoms with E-state index in [4.69, 9.17) is 4.98 Å². The summed E-state index contributed by atoms with van der Waals surface area (Å²) in [6, 6.07) is 15.4. The third kappa shape index (κ3) is 3.46. The number of carbonyl (C=O) groups excluding carboxylic acids is 1. The largest absolute Gasteiger partial charge is 0.346 e. The predicted octanol–water partition coefficient (Wildman–Crippen LogP) is 3.85. The average molecular weight is 410 g/mol. The van der Waals surface area contributed by atoms with Crippen LogP contribution in [0.3, 0.4) is 0 Å². The van der Waals surface area contributed by atoms with E-state index in [0.717, 1.165) is 35.3 Å². The van der Waals surface area contributed by atoms with E-state index in [1.165, 1.54) is 0 Å². The molecule has 4 aromatic rings. The summed E-state index contributed by atoms with van der Waals surface area (Å²) in [5, 5.41) is 16.2. The van der Waals surface area contributed by atoms with Crippen LogP contribution in [0.2, 0.25) is 0 Å². The van der Waals surface area contributed by atoms with Gasteiger partial charge in [0.2, 0.25) is 0 Å². The Morgan fingerprint density at radius 1 is 1.26 bits per heavy atom. The minimum absolute atomic E-state index is 0.0593. The van der Waals surface area contributed by atoms with Crippen molar-refractivity contribution in [2.45, 2.75) is 25.9 Å². The maximum Gasteiger partial charge on any atom is 0.255 e. The molecule has 7 heteroatoms. The maximum absolute atomic E-state index is 13.1. The summed E-state index contributed by atoms with van der Waals surface area (Å²) in [4.78, 5) is 19.8. The van der Waals surface area contributed by atoms with E-state index in [9.17, 15) is 10.1 Å². The van der Waals surface area contributed by atoms with Gasteiger partial charge in [-0.25, -0.2) is 4.98 Å². The van der Waals surface area contributed by atoms with Gasteiger partial charge >= 0.3 is 0 Å². The normalized spacial score (nSPS) is 18.4. The van der Waals surface area contributed by atoms with Crippen LogP contribution in [0.5, 0.6) is 0 Å². The zero-order valence-corrected chi connectivity index (χ0v) is 17.2. The Morgan fingerprint density at radius 2 is 2.13 bits per heavy atom. The monoisotopic (exact) mass is 410 g/mol. The quantitative estimate of drug-likeness (QED) is 0.553. The van der Waals surface area contributed by atoms with Gasteiger partial charge in [-0.15, -0.1) is 0 Å². The van der Waals surface area contributed by atoms with Gasteiger partial charge in [0.15, 0.2) is 0 Å². The van der Waals surface area contributed by atoms with Gasteiger partial charge in [0.1, 0.15) is 0 Å². The van der Waals surface area contributed by atoms with Crippen LogP contribution in [0.25, 0.3) is 22.3 Å². The molecule has 1 N–H and O–H groups in total. The van der Waals surface area contributed by atoms with E-state index >= 15 is 0 Å². The number of hydrogen-bond donors (Lipinski definition) is 1. The standard InChI is InChI=1S/C24H22N6O/c1-16-10-17(15-30(16)24(31)20-5-3-2-4-18(20)11-25)14-29-9-8-22-23(29)7-6-21(28-22)19-12-26-27-13-19/h2-9,12-13,16-17H,10,14-15H2,1H3,(H,26,27)/t16-,17-/m0/s1. The van der Waals surface area contributed by atoms with Gasteiger partial charge < -0.3 is 9.47 Å². The molecule has 0 aliphatic carbocycles. The molecule has 1 aliphatic rings. The van der Waals surface area contributed by atoms with Gasteiger partial charge in [0, 0.05) is 37.1 Å². The molecular weight excluding hydrogens is 388 g/mol. The first kappa shape index (κ1) is 19.1. The van der Waals surface area contributed by atoms with Gasteiger partial charge in [-0.05, 0) is 49.6 Å². The molecule has 0 spiro atoms. The Kier molecular flexibility index (Phi) is 4.75. The number of aromatic nitrogens is 4. The Morgan fingerprint density at radius 3 is 2.94 bits per heavy atom. The summed E-state index contributed by atoms with van der Waals surface area (Å²) < 4.78 is 2.22. The summed E-state index contributed by atoms with van der Waals surface area (Å²) in [5.74, 6) is 0.285. The number of amides is 1. The summed E-state index contributed by atoms with van der Waals surface area (Å²) >= 11 is 0. The van der Waals surface area contributed by atoms with Crippen LogP contribution in [0.1, 0.15) is 29.3 Å². The van der Waals surface area contributed by atoms with Gasteiger partial charge in [-0.3, -0.25) is 9.89 Å². The van der Waals surface area contributed by atoms with Crippen molar-refractivity contribution < 1.29 is 4.79 Å². The van der Waals surface area contributed by atoms with E-state index in [1.807, 2.05) is 29.3 Å². The van der Waals surface area contributed by atoms with Crippen LogP contribution >= 0.6 is 0 Å². The van der Waals surface area contributed by atoms with E-state index < -0.39 is 0 Å². The second-order valence-corrected chi connectivity index (χ2v) is 8.12. The van der Waals surface area contributed by atoms with Crippen molar-refractivity contribution in [3.05, 3.63) is 72.2 Å². The number of pyridine rings is 1. The second kappa shape index (κ2) is 7.73. The first-order chi connectivity index (χ1) is 15.1. The minimum Gasteiger partial charge on any atom is -0.346 e. The topological polar surface area (TPSA) is 90.6 Å². The zero-order valence-electron chi connectivity index (χ0n) is 17.2. The van der Waals surface area contributed by atoms with Gasteiger partial charge in [-0.1, -0.05) is 12.1 Å². The van der Waals surface area contributed by atoms with Crippen molar-refractivity contribution in [2.75, 3.05) is 6.54 Å². The van der Waals surface area contributed by atoms with Crippen LogP contribution in [-0.4, -0.2) is 43.1 Å². The lowest BCUT2D eigenvalue weighted by Crippen LogP contribution is -2.34. The fourth-order valence-corrected chi connectivity index (χ4v) is 4.54. The molecule has 31 heavy (non-hydrogen) atoms. The molecule has 0 saturated carbocycles. The molecule has 1 amide bonds. The fraction of sp³-hybridized carbons (Fsp3) is 0.250. The van der Waals surface area contributed by atoms with E-state index in [2.05, 4.69) is 40.0 Å². The zero-order chi connectivity index (χ0) is 21.4. The second-order valence-electron chi connectivity index (χ2n) is 8.12. The number of H-pyrrole nitrogens is 1. The Balaban J connectivity index is 1.34. The highest BCUT2D eigenvalue weighted by atomic mass is 16.2. The number of nitrogens with one attached hydrogen (secondary N) is 1. The summed E-state index contributed by atoms with van der Waals surface area (Å²) in [7, 11) is 0. The van der Waals surface area contributed by atoms with Crippen LogP contribution in [0, 0.1) is 17.2 Å². The van der Waals surface area contributed by atoms with Crippen molar-refractivity contribution >= 4 is 16.9 Å². The van der Waals surface area contributed by atoms with Crippen LogP contribution < -0.4 is 0 Å². The van der Waals surface area contributed by atoms with Crippen LogP contribution in [0.15, 0.2) is 61.1 Å². The molecule has 0 radical (unpaired) electrons. The van der Waals surface area contributed by atoms with Crippen molar-refractivity contribution in [3.8, 4) is 17.3 Å². The smallest absolute Gasteiger partial charge is 0.255 e. The number of fused-ring (bicyclic) bond motifs is 1. The lowest BCUT2D eigenvalue weighted by molar-refractivity contribution is 0.0742. The molecule has 1 aliphatic heterocycles. The third-order valence-corrected chi connectivity index (χ3v) is 6.07. The summed E-state index contributed by atoms with van der Waals surface area (Å²) in [6.07, 6.45) is 6.60. The maximum atomic E-state index is 13.1. The molecule has 4 heterocycles. The minimum atomic E-state index is -0.0593. The number of nitrogens with zero attached hydrogens (tertiary/aromatic N) is 5. The van der Waals surface area contributed by atoms with Crippen molar-refractivity contribution in [2.24, 2.45) is 5.92 Å². The lowest BCUT2D eigenvalue weighted by Gasteiger charge is -2.22. The number of hydrogen-bond acceptors (Lipinski definition) is 4. The highest BCUT2D eigenvalue weighted by Crippen LogP contribution is 2.29. The molecule has 1 fully saturated rings. The van der Waals surface area contributed by atoms with Gasteiger partial charge in [0.25, 0.3) is 5.91 Å². The van der Waals surface area contributed by atoms with Crippen molar-refractivity contribution in [1.82, 2.24) is 24.6 Å². The number of nitriles is 1. The summed E-state index contributed by atoms with van der Waals surface area (Å²) in [5.41, 5.74) is 4.80. The highest BCUT2D eigenvalue weighted by Gasteiger charge is 2.33. The third-order valence-electron chi connectivity index (χ3n) is 6.07. The molecular formula is C24H22N6O. The number of likely N-dealkylation sites (tertiary alicyclic amines) is 1. The number of carbonyl (C=O) groups is 1. The van der Waals surface area contributed by atoms with Crippen molar-refractivity contribution in [1.29, 1.82) is 5.26 Å². The Bertz CT molecular complexity index is 1280. The predicted molar refractivity (Wildman–Crippen MR) is 117 cm³/mol. The van der Waals surface area contributed by atoms with E-state index in [-0.39, 0.29) is 11.9 Å². The Labute approximate surface area is 179 Å². The molecule has 7 nitrogen and oxygen atoms in total. The molecule has 3 aromatic heterocycles. The molecule has 5 rings (SSSR count). The molecule has 1 saturated heterocycles. The van der Waals surface area contributed by atoms with E-state index in [0.29, 0.717) is 23.6 Å².